The topological polar surface area (TPSA) is 52.6 Å². The second kappa shape index (κ2) is 7.82. The number of aliphatic hydroxyl groups excluding tert-OH is 1. The second-order valence-electron chi connectivity index (χ2n) is 5.45. The molecule has 1 saturated heterocycles. The summed E-state index contributed by atoms with van der Waals surface area (Å²) < 4.78 is 0. The number of nitrogens with zero attached hydrogens (tertiary/aromatic N) is 1. The van der Waals surface area contributed by atoms with E-state index in [9.17, 15) is 9.90 Å². The van der Waals surface area contributed by atoms with Crippen LogP contribution in [0.15, 0.2) is 30.3 Å². The normalized spacial score (nSPS) is 17.9. The number of nitrogens with one attached hydrogen (secondary N) is 1. The van der Waals surface area contributed by atoms with Crippen molar-refractivity contribution in [3.63, 3.8) is 0 Å². The largest absolute Gasteiger partial charge is 0.388 e. The van der Waals surface area contributed by atoms with Crippen molar-refractivity contribution in [2.75, 3.05) is 26.2 Å². The molecule has 0 aliphatic carbocycles. The second-order valence-corrected chi connectivity index (χ2v) is 5.45. The lowest BCUT2D eigenvalue weighted by Crippen LogP contribution is -2.42. The molecule has 1 aromatic carbocycles. The van der Waals surface area contributed by atoms with Gasteiger partial charge in [0.05, 0.1) is 19.2 Å². The Balaban J connectivity index is 1.78. The minimum atomic E-state index is -0.413. The zero-order valence-corrected chi connectivity index (χ0v) is 12.2. The molecule has 1 fully saturated rings. The van der Waals surface area contributed by atoms with Crippen LogP contribution >= 0.6 is 0 Å². The van der Waals surface area contributed by atoms with Crippen molar-refractivity contribution in [3.8, 4) is 12.3 Å². The van der Waals surface area contributed by atoms with Crippen LogP contribution in [-0.4, -0.2) is 42.1 Å². The van der Waals surface area contributed by atoms with Gasteiger partial charge in [0.1, 0.15) is 0 Å². The summed E-state index contributed by atoms with van der Waals surface area (Å²) in [7, 11) is 0. The van der Waals surface area contributed by atoms with E-state index in [0.717, 1.165) is 31.5 Å². The first-order valence-corrected chi connectivity index (χ1v) is 7.36. The van der Waals surface area contributed by atoms with Gasteiger partial charge in [-0.25, -0.2) is 0 Å². The summed E-state index contributed by atoms with van der Waals surface area (Å²) in [5, 5.41) is 13.1. The van der Waals surface area contributed by atoms with Gasteiger partial charge in [0.2, 0.25) is 5.91 Å². The molecular weight excluding hydrogens is 264 g/mol. The molecule has 0 spiro atoms. The zero-order chi connectivity index (χ0) is 15.1. The van der Waals surface area contributed by atoms with Gasteiger partial charge in [-0.15, -0.1) is 6.42 Å². The van der Waals surface area contributed by atoms with E-state index in [4.69, 9.17) is 6.42 Å². The third-order valence-corrected chi connectivity index (χ3v) is 3.97. The molecule has 112 valence electrons. The first kappa shape index (κ1) is 15.6. The van der Waals surface area contributed by atoms with Crippen LogP contribution in [0, 0.1) is 18.3 Å². The smallest absolute Gasteiger partial charge is 0.234 e. The molecule has 0 aromatic heterocycles. The van der Waals surface area contributed by atoms with E-state index in [1.165, 1.54) is 0 Å². The number of carbonyl (C=O) groups excluding carboxylic acids is 1. The average molecular weight is 286 g/mol. The highest BCUT2D eigenvalue weighted by Gasteiger charge is 2.26. The first-order valence-electron chi connectivity index (χ1n) is 7.36. The number of hydrogen-bond acceptors (Lipinski definition) is 3. The molecule has 0 saturated carbocycles. The van der Waals surface area contributed by atoms with Gasteiger partial charge < -0.3 is 10.4 Å². The van der Waals surface area contributed by atoms with Gasteiger partial charge in [0, 0.05) is 0 Å². The van der Waals surface area contributed by atoms with Crippen molar-refractivity contribution < 1.29 is 9.90 Å². The standard InChI is InChI=1S/C17H22N2O2/c1-2-10-18-16(20)13-19-11-8-15(9-12-19)17(21)14-6-4-3-5-7-14/h1,3-7,15,17,21H,8-13H2,(H,18,20). The van der Waals surface area contributed by atoms with Gasteiger partial charge in [-0.2, -0.15) is 0 Å². The van der Waals surface area contributed by atoms with Crippen molar-refractivity contribution >= 4 is 5.91 Å². The maximum absolute atomic E-state index is 11.6. The van der Waals surface area contributed by atoms with Crippen LogP contribution in [0.1, 0.15) is 24.5 Å². The van der Waals surface area contributed by atoms with E-state index < -0.39 is 6.10 Å². The molecule has 0 bridgehead atoms. The molecular formula is C17H22N2O2. The quantitative estimate of drug-likeness (QED) is 0.799. The lowest BCUT2D eigenvalue weighted by Gasteiger charge is -2.33. The average Bonchev–Trinajstić information content (AvgIpc) is 2.54. The molecule has 1 aromatic rings. The highest BCUT2D eigenvalue weighted by Crippen LogP contribution is 2.30. The number of amides is 1. The number of benzene rings is 1. The molecule has 0 radical (unpaired) electrons. The van der Waals surface area contributed by atoms with Crippen LogP contribution < -0.4 is 5.32 Å². The fourth-order valence-corrected chi connectivity index (χ4v) is 2.76. The Hall–Kier alpha value is -1.83. The Labute approximate surface area is 126 Å². The number of rotatable bonds is 5. The maximum atomic E-state index is 11.6. The number of terminal acetylenes is 1. The lowest BCUT2D eigenvalue weighted by molar-refractivity contribution is -0.122. The SMILES string of the molecule is C#CCNC(=O)CN1CCC(C(O)c2ccccc2)CC1. The van der Waals surface area contributed by atoms with Crippen LogP contribution in [0.3, 0.4) is 0 Å². The minimum Gasteiger partial charge on any atom is -0.388 e. The number of hydrogen-bond donors (Lipinski definition) is 2. The molecule has 1 unspecified atom stereocenters. The molecule has 2 rings (SSSR count). The van der Waals surface area contributed by atoms with Gasteiger partial charge in [0.25, 0.3) is 0 Å². The fourth-order valence-electron chi connectivity index (χ4n) is 2.76. The van der Waals surface area contributed by atoms with Crippen LogP contribution in [0.2, 0.25) is 0 Å². The summed E-state index contributed by atoms with van der Waals surface area (Å²) in [4.78, 5) is 13.7. The van der Waals surface area contributed by atoms with Crippen molar-refractivity contribution in [1.29, 1.82) is 0 Å². The van der Waals surface area contributed by atoms with Gasteiger partial charge >= 0.3 is 0 Å². The molecule has 1 amide bonds. The van der Waals surface area contributed by atoms with E-state index in [-0.39, 0.29) is 18.4 Å². The lowest BCUT2D eigenvalue weighted by atomic mass is 9.87. The molecule has 1 aliphatic rings. The molecule has 1 aliphatic heterocycles. The predicted molar refractivity (Wildman–Crippen MR) is 82.4 cm³/mol. The summed E-state index contributed by atoms with van der Waals surface area (Å²) in [5.74, 6) is 2.62. The maximum Gasteiger partial charge on any atom is 0.234 e. The summed E-state index contributed by atoms with van der Waals surface area (Å²) in [5.41, 5.74) is 0.975. The Morgan fingerprint density at radius 3 is 2.67 bits per heavy atom. The molecule has 1 heterocycles. The molecule has 1 atom stereocenters. The summed E-state index contributed by atoms with van der Waals surface area (Å²) in [6, 6.07) is 9.77. The molecule has 21 heavy (non-hydrogen) atoms. The zero-order valence-electron chi connectivity index (χ0n) is 12.2. The monoisotopic (exact) mass is 286 g/mol. The summed E-state index contributed by atoms with van der Waals surface area (Å²) in [6.45, 7) is 2.33. The number of aliphatic hydroxyl groups is 1. The van der Waals surface area contributed by atoms with E-state index in [2.05, 4.69) is 16.1 Å². The van der Waals surface area contributed by atoms with E-state index in [0.29, 0.717) is 6.54 Å². The predicted octanol–water partition coefficient (Wildman–Crippen LogP) is 1.18. The van der Waals surface area contributed by atoms with Crippen LogP contribution in [0.5, 0.6) is 0 Å². The Bertz CT molecular complexity index is 487. The van der Waals surface area contributed by atoms with Crippen molar-refractivity contribution in [2.24, 2.45) is 5.92 Å². The van der Waals surface area contributed by atoms with E-state index in [1.807, 2.05) is 30.3 Å². The van der Waals surface area contributed by atoms with Crippen molar-refractivity contribution in [1.82, 2.24) is 10.2 Å². The summed E-state index contributed by atoms with van der Waals surface area (Å²) >= 11 is 0. The first-order chi connectivity index (χ1) is 10.2. The number of carbonyl (C=O) groups is 1. The molecule has 2 N–H and O–H groups in total. The minimum absolute atomic E-state index is 0.0324. The van der Waals surface area contributed by atoms with Crippen LogP contribution in [0.4, 0.5) is 0 Å². The Kier molecular flexibility index (Phi) is 5.79. The fraction of sp³-hybridized carbons (Fsp3) is 0.471. The highest BCUT2D eigenvalue weighted by atomic mass is 16.3. The van der Waals surface area contributed by atoms with Crippen molar-refractivity contribution in [3.05, 3.63) is 35.9 Å². The van der Waals surface area contributed by atoms with Crippen molar-refractivity contribution in [2.45, 2.75) is 18.9 Å². The van der Waals surface area contributed by atoms with Gasteiger partial charge in [-0.3, -0.25) is 9.69 Å². The van der Waals surface area contributed by atoms with E-state index >= 15 is 0 Å². The van der Waals surface area contributed by atoms with E-state index in [1.54, 1.807) is 0 Å². The molecule has 4 heteroatoms. The summed E-state index contributed by atoms with van der Waals surface area (Å²) in [6.07, 6.45) is 6.50. The highest BCUT2D eigenvalue weighted by molar-refractivity contribution is 5.78. The third-order valence-electron chi connectivity index (χ3n) is 3.97. The Morgan fingerprint density at radius 1 is 1.38 bits per heavy atom. The number of piperidine rings is 1. The molecule has 4 nitrogen and oxygen atoms in total. The van der Waals surface area contributed by atoms with Crippen LogP contribution in [-0.2, 0) is 4.79 Å². The van der Waals surface area contributed by atoms with Crippen LogP contribution in [0.25, 0.3) is 0 Å². The van der Waals surface area contributed by atoms with Gasteiger partial charge in [0.15, 0.2) is 0 Å². The number of likely N-dealkylation sites (tertiary alicyclic amines) is 1. The third kappa shape index (κ3) is 4.59. The Morgan fingerprint density at radius 2 is 2.05 bits per heavy atom. The van der Waals surface area contributed by atoms with Gasteiger partial charge in [-0.05, 0) is 37.4 Å². The van der Waals surface area contributed by atoms with Gasteiger partial charge in [-0.1, -0.05) is 36.3 Å².